The van der Waals surface area contributed by atoms with E-state index in [0.717, 1.165) is 0 Å². The molecule has 0 spiro atoms. The Morgan fingerprint density at radius 2 is 1.81 bits per heavy atom. The predicted molar refractivity (Wildman–Crippen MR) is 77.7 cm³/mol. The molecule has 1 aliphatic rings. The average molecular weight is 365 g/mol. The highest BCUT2D eigenvalue weighted by molar-refractivity contribution is 7.79. The molecule has 0 bridgehead atoms. The first-order chi connectivity index (χ1) is 9.65. The topological polar surface area (TPSA) is 124 Å². The number of hydrogen-bond donors (Lipinski definition) is 3. The SMILES string of the molecule is O=S(=O)([O-])O.OC(CCl)CN1C=CC=[N+](CC(O)CCl)C1. The molecule has 2 atom stereocenters. The van der Waals surface area contributed by atoms with E-state index in [9.17, 15) is 10.2 Å². The average Bonchev–Trinajstić information content (AvgIpc) is 2.37. The molecule has 0 aliphatic carbocycles. The van der Waals surface area contributed by atoms with Gasteiger partial charge in [0.15, 0.2) is 12.8 Å². The molecule has 0 radical (unpaired) electrons. The van der Waals surface area contributed by atoms with Crippen LogP contribution in [0.25, 0.3) is 0 Å². The lowest BCUT2D eigenvalue weighted by Gasteiger charge is -2.23. The van der Waals surface area contributed by atoms with Gasteiger partial charge in [-0.2, -0.15) is 0 Å². The van der Waals surface area contributed by atoms with Gasteiger partial charge in [-0.25, -0.2) is 13.0 Å². The van der Waals surface area contributed by atoms with E-state index in [1.165, 1.54) is 0 Å². The van der Waals surface area contributed by atoms with E-state index in [1.807, 2.05) is 28.0 Å². The normalized spacial score (nSPS) is 17.6. The molecule has 0 amide bonds. The number of halogens is 2. The number of β-amino-alcohol motifs (C(OH)–C–C–N with tert-alkyl or cyclic N) is 2. The quantitative estimate of drug-likeness (QED) is 0.240. The van der Waals surface area contributed by atoms with Crippen LogP contribution in [0.1, 0.15) is 0 Å². The maximum Gasteiger partial charge on any atom is 0.218 e. The van der Waals surface area contributed by atoms with Crippen LogP contribution in [0.15, 0.2) is 12.3 Å². The van der Waals surface area contributed by atoms with Gasteiger partial charge in [-0.15, -0.1) is 23.2 Å². The van der Waals surface area contributed by atoms with Crippen molar-refractivity contribution >= 4 is 39.8 Å². The summed E-state index contributed by atoms with van der Waals surface area (Å²) in [6.07, 6.45) is 4.57. The number of rotatable bonds is 6. The van der Waals surface area contributed by atoms with Gasteiger partial charge in [0, 0.05) is 12.3 Å². The molecule has 2 unspecified atom stereocenters. The largest absolute Gasteiger partial charge is 0.726 e. The van der Waals surface area contributed by atoms with Crippen LogP contribution in [-0.2, 0) is 10.4 Å². The molecule has 0 aromatic rings. The second-order valence-electron chi connectivity index (χ2n) is 4.22. The Morgan fingerprint density at radius 1 is 1.29 bits per heavy atom. The Labute approximate surface area is 133 Å². The number of hydrogen-bond acceptors (Lipinski definition) is 6. The van der Waals surface area contributed by atoms with Crippen molar-refractivity contribution in [3.05, 3.63) is 12.3 Å². The van der Waals surface area contributed by atoms with Crippen LogP contribution < -0.4 is 0 Å². The minimum Gasteiger partial charge on any atom is -0.726 e. The molecule has 0 fully saturated rings. The van der Waals surface area contributed by atoms with Gasteiger partial charge in [-0.1, -0.05) is 0 Å². The standard InChI is InChI=1S/C10H17Cl2N2O2.H2O4S/c11-4-9(15)6-13-2-1-3-14(8-13)7-10(16)5-12;1-5(2,3)4/h1-3,9-10,15-16H,4-8H2;(H2,1,2,3,4)/q+1;/p-1. The zero-order chi connectivity index (χ0) is 16.5. The molecule has 3 N–H and O–H groups in total. The van der Waals surface area contributed by atoms with Gasteiger partial charge in [-0.3, -0.25) is 4.55 Å². The van der Waals surface area contributed by atoms with Gasteiger partial charge in [0.2, 0.25) is 17.1 Å². The number of allylic oxidation sites excluding steroid dienone is 1. The van der Waals surface area contributed by atoms with Crippen LogP contribution in [0.4, 0.5) is 0 Å². The Kier molecular flexibility index (Phi) is 10.1. The first-order valence-corrected chi connectivity index (χ1v) is 8.25. The van der Waals surface area contributed by atoms with Crippen molar-refractivity contribution in [1.82, 2.24) is 4.90 Å². The summed E-state index contributed by atoms with van der Waals surface area (Å²) in [5.74, 6) is 0.441. The molecule has 0 aromatic carbocycles. The third kappa shape index (κ3) is 13.0. The maximum absolute atomic E-state index is 9.42. The molecule has 1 aliphatic heterocycles. The van der Waals surface area contributed by atoms with Gasteiger partial charge in [-0.05, 0) is 0 Å². The highest BCUT2D eigenvalue weighted by atomic mass is 35.5. The summed E-state index contributed by atoms with van der Waals surface area (Å²) in [6, 6.07) is 0. The highest BCUT2D eigenvalue weighted by Gasteiger charge is 2.18. The van der Waals surface area contributed by atoms with Crippen LogP contribution in [0.5, 0.6) is 0 Å². The van der Waals surface area contributed by atoms with Crippen LogP contribution in [-0.4, -0.2) is 87.2 Å². The van der Waals surface area contributed by atoms with E-state index >= 15 is 0 Å². The van der Waals surface area contributed by atoms with Crippen molar-refractivity contribution in [2.75, 3.05) is 31.5 Å². The van der Waals surface area contributed by atoms with Crippen LogP contribution in [0, 0.1) is 0 Å². The summed E-state index contributed by atoms with van der Waals surface area (Å²) >= 11 is 11.1. The van der Waals surface area contributed by atoms with Crippen molar-refractivity contribution < 1.29 is 32.3 Å². The third-order valence-electron chi connectivity index (χ3n) is 2.20. The second-order valence-corrected chi connectivity index (χ2v) is 5.69. The lowest BCUT2D eigenvalue weighted by Crippen LogP contribution is -2.40. The zero-order valence-corrected chi connectivity index (χ0v) is 13.4. The smallest absolute Gasteiger partial charge is 0.218 e. The van der Waals surface area contributed by atoms with Gasteiger partial charge in [0.05, 0.1) is 24.4 Å². The maximum atomic E-state index is 9.42. The monoisotopic (exact) mass is 364 g/mol. The van der Waals surface area contributed by atoms with Crippen molar-refractivity contribution in [2.45, 2.75) is 12.2 Å². The van der Waals surface area contributed by atoms with Crippen molar-refractivity contribution in [3.63, 3.8) is 0 Å². The van der Waals surface area contributed by atoms with Crippen LogP contribution in [0.3, 0.4) is 0 Å². The predicted octanol–water partition coefficient (Wildman–Crippen LogP) is -0.939. The molecule has 0 saturated heterocycles. The van der Waals surface area contributed by atoms with E-state index in [-0.39, 0.29) is 11.8 Å². The number of nitrogens with zero attached hydrogens (tertiary/aromatic N) is 2. The van der Waals surface area contributed by atoms with E-state index in [0.29, 0.717) is 19.8 Å². The van der Waals surface area contributed by atoms with Crippen LogP contribution in [0.2, 0.25) is 0 Å². The fourth-order valence-corrected chi connectivity index (χ4v) is 1.68. The van der Waals surface area contributed by atoms with Gasteiger partial charge >= 0.3 is 0 Å². The molecular weight excluding hydrogens is 347 g/mol. The summed E-state index contributed by atoms with van der Waals surface area (Å²) in [4.78, 5) is 1.94. The Hall–Kier alpha value is -0.420. The van der Waals surface area contributed by atoms with Crippen molar-refractivity contribution in [1.29, 1.82) is 0 Å². The first kappa shape index (κ1) is 20.6. The summed E-state index contributed by atoms with van der Waals surface area (Å²) in [7, 11) is -4.92. The fraction of sp³-hybridized carbons (Fsp3) is 0.700. The molecular formula is C10H18Cl2N2O6S. The Morgan fingerprint density at radius 3 is 2.29 bits per heavy atom. The molecule has 1 rings (SSSR count). The van der Waals surface area contributed by atoms with Crippen molar-refractivity contribution in [3.8, 4) is 0 Å². The summed E-state index contributed by atoms with van der Waals surface area (Å²) in [5.41, 5.74) is 0. The Balaban J connectivity index is 0.000000690. The highest BCUT2D eigenvalue weighted by Crippen LogP contribution is 2.01. The number of aliphatic hydroxyl groups excluding tert-OH is 2. The van der Waals surface area contributed by atoms with E-state index in [2.05, 4.69) is 0 Å². The summed E-state index contributed by atoms with van der Waals surface area (Å²) in [5, 5.41) is 18.8. The van der Waals surface area contributed by atoms with Crippen LogP contribution >= 0.6 is 23.2 Å². The molecule has 1 heterocycles. The third-order valence-corrected chi connectivity index (χ3v) is 2.92. The second kappa shape index (κ2) is 10.3. The van der Waals surface area contributed by atoms with Crippen molar-refractivity contribution in [2.24, 2.45) is 0 Å². The zero-order valence-electron chi connectivity index (χ0n) is 11.0. The molecule has 21 heavy (non-hydrogen) atoms. The van der Waals surface area contributed by atoms with Gasteiger partial charge in [0.25, 0.3) is 0 Å². The number of alkyl halides is 2. The van der Waals surface area contributed by atoms with E-state index in [1.54, 1.807) is 0 Å². The molecule has 11 heteroatoms. The minimum absolute atomic E-state index is 0.221. The number of aliphatic hydroxyl groups is 2. The molecule has 8 nitrogen and oxygen atoms in total. The molecule has 124 valence electrons. The summed E-state index contributed by atoms with van der Waals surface area (Å²) in [6.45, 7) is 1.60. The van der Waals surface area contributed by atoms with E-state index < -0.39 is 22.6 Å². The summed E-state index contributed by atoms with van der Waals surface area (Å²) < 4.78 is 34.8. The molecule has 0 aromatic heterocycles. The lowest BCUT2D eigenvalue weighted by atomic mass is 10.3. The van der Waals surface area contributed by atoms with E-state index in [4.69, 9.17) is 40.7 Å². The van der Waals surface area contributed by atoms with Gasteiger partial charge < -0.3 is 19.7 Å². The fourth-order valence-electron chi connectivity index (χ4n) is 1.49. The lowest BCUT2D eigenvalue weighted by molar-refractivity contribution is -0.550. The molecule has 0 saturated carbocycles. The Bertz CT molecular complexity index is 448. The first-order valence-electron chi connectivity index (χ1n) is 5.81. The van der Waals surface area contributed by atoms with Gasteiger partial charge in [0.1, 0.15) is 6.10 Å². The minimum atomic E-state index is -4.92.